The summed E-state index contributed by atoms with van der Waals surface area (Å²) in [6.07, 6.45) is 0. The number of hydrogen-bond acceptors (Lipinski definition) is 1. The summed E-state index contributed by atoms with van der Waals surface area (Å²) in [4.78, 5) is 0. The molecular formula is C6H2Br2ClFO. The molecule has 1 N–H and O–H groups in total. The smallest absolute Gasteiger partial charge is 0.159 e. The summed E-state index contributed by atoms with van der Waals surface area (Å²) >= 11 is 11.3. The summed E-state index contributed by atoms with van der Waals surface area (Å²) in [6, 6.07) is 1.39. The van der Waals surface area contributed by atoms with E-state index >= 15 is 0 Å². The van der Waals surface area contributed by atoms with Gasteiger partial charge in [-0.3, -0.25) is 0 Å². The largest absolute Gasteiger partial charge is 0.505 e. The summed E-state index contributed by atoms with van der Waals surface area (Å²) in [7, 11) is 0. The van der Waals surface area contributed by atoms with Gasteiger partial charge in [0.1, 0.15) is 5.02 Å². The average molecular weight is 304 g/mol. The molecule has 0 spiro atoms. The van der Waals surface area contributed by atoms with Gasteiger partial charge < -0.3 is 5.11 Å². The zero-order chi connectivity index (χ0) is 8.59. The standard InChI is InChI=1S/C6H2Br2ClFO/c7-2-1-3(8)6(11)4(9)5(2)10/h1,11H. The summed E-state index contributed by atoms with van der Waals surface area (Å²) in [5.41, 5.74) is 0. The van der Waals surface area contributed by atoms with Crippen molar-refractivity contribution in [2.45, 2.75) is 0 Å². The fraction of sp³-hybridized carbons (Fsp3) is 0. The highest BCUT2D eigenvalue weighted by molar-refractivity contribution is 9.11. The first-order valence-corrected chi connectivity index (χ1v) is 4.52. The molecular weight excluding hydrogens is 302 g/mol. The molecule has 0 radical (unpaired) electrons. The van der Waals surface area contributed by atoms with Crippen molar-refractivity contribution < 1.29 is 9.50 Å². The molecule has 5 heteroatoms. The SMILES string of the molecule is Oc1c(Br)cc(Br)c(F)c1Cl. The van der Waals surface area contributed by atoms with Gasteiger partial charge in [0, 0.05) is 0 Å². The Hall–Kier alpha value is 0.200. The lowest BCUT2D eigenvalue weighted by Gasteiger charge is -2.02. The van der Waals surface area contributed by atoms with E-state index in [2.05, 4.69) is 31.9 Å². The van der Waals surface area contributed by atoms with E-state index in [0.717, 1.165) is 0 Å². The van der Waals surface area contributed by atoms with Crippen LogP contribution in [-0.2, 0) is 0 Å². The molecule has 0 unspecified atom stereocenters. The quantitative estimate of drug-likeness (QED) is 0.572. The van der Waals surface area contributed by atoms with Crippen LogP contribution < -0.4 is 0 Å². The van der Waals surface area contributed by atoms with Gasteiger partial charge in [-0.1, -0.05) is 11.6 Å². The molecule has 0 fully saturated rings. The lowest BCUT2D eigenvalue weighted by Crippen LogP contribution is -1.81. The summed E-state index contributed by atoms with van der Waals surface area (Å²) in [5, 5.41) is 8.79. The van der Waals surface area contributed by atoms with E-state index in [1.54, 1.807) is 0 Å². The minimum Gasteiger partial charge on any atom is -0.505 e. The van der Waals surface area contributed by atoms with Gasteiger partial charge in [0.15, 0.2) is 11.6 Å². The van der Waals surface area contributed by atoms with Crippen LogP contribution in [0.5, 0.6) is 5.75 Å². The van der Waals surface area contributed by atoms with Gasteiger partial charge in [-0.05, 0) is 37.9 Å². The molecule has 1 aromatic rings. The highest BCUT2D eigenvalue weighted by Gasteiger charge is 2.12. The van der Waals surface area contributed by atoms with Crippen LogP contribution in [0.3, 0.4) is 0 Å². The van der Waals surface area contributed by atoms with E-state index in [1.165, 1.54) is 6.07 Å². The number of benzene rings is 1. The van der Waals surface area contributed by atoms with Crippen molar-refractivity contribution in [1.29, 1.82) is 0 Å². The van der Waals surface area contributed by atoms with Crippen LogP contribution in [0.4, 0.5) is 4.39 Å². The first kappa shape index (κ1) is 9.29. The van der Waals surface area contributed by atoms with Crippen molar-refractivity contribution in [1.82, 2.24) is 0 Å². The van der Waals surface area contributed by atoms with Crippen molar-refractivity contribution in [3.05, 3.63) is 25.9 Å². The Balaban J connectivity index is 3.46. The molecule has 11 heavy (non-hydrogen) atoms. The maximum absolute atomic E-state index is 12.8. The minimum absolute atomic E-state index is 0.215. The van der Waals surface area contributed by atoms with Crippen molar-refractivity contribution in [2.75, 3.05) is 0 Å². The number of aromatic hydroxyl groups is 1. The monoisotopic (exact) mass is 302 g/mol. The molecule has 1 aromatic carbocycles. The van der Waals surface area contributed by atoms with Crippen LogP contribution in [-0.4, -0.2) is 5.11 Å². The van der Waals surface area contributed by atoms with E-state index in [4.69, 9.17) is 16.7 Å². The second kappa shape index (κ2) is 3.29. The van der Waals surface area contributed by atoms with Crippen molar-refractivity contribution in [3.8, 4) is 5.75 Å². The first-order valence-electron chi connectivity index (χ1n) is 2.56. The lowest BCUT2D eigenvalue weighted by molar-refractivity contribution is 0.465. The van der Waals surface area contributed by atoms with E-state index in [0.29, 0.717) is 4.47 Å². The molecule has 0 aliphatic heterocycles. The Labute approximate surface area is 84.4 Å². The van der Waals surface area contributed by atoms with E-state index in [-0.39, 0.29) is 15.2 Å². The predicted octanol–water partition coefficient (Wildman–Crippen LogP) is 3.71. The van der Waals surface area contributed by atoms with Crippen LogP contribution in [0.15, 0.2) is 15.0 Å². The Morgan fingerprint density at radius 2 is 1.91 bits per heavy atom. The van der Waals surface area contributed by atoms with E-state index in [1.807, 2.05) is 0 Å². The van der Waals surface area contributed by atoms with Crippen molar-refractivity contribution in [3.63, 3.8) is 0 Å². The molecule has 0 atom stereocenters. The third-order valence-electron chi connectivity index (χ3n) is 1.09. The van der Waals surface area contributed by atoms with E-state index < -0.39 is 5.82 Å². The second-order valence-electron chi connectivity index (χ2n) is 1.82. The topological polar surface area (TPSA) is 20.2 Å². The lowest BCUT2D eigenvalue weighted by atomic mass is 10.3. The molecule has 0 aliphatic rings. The molecule has 0 heterocycles. The predicted molar refractivity (Wildman–Crippen MR) is 48.5 cm³/mol. The van der Waals surface area contributed by atoms with Gasteiger partial charge in [0.2, 0.25) is 0 Å². The normalized spacial score (nSPS) is 10.2. The number of halogens is 4. The minimum atomic E-state index is -0.660. The third kappa shape index (κ3) is 1.68. The molecule has 1 rings (SSSR count). The average Bonchev–Trinajstić information content (AvgIpc) is 1.97. The fourth-order valence-electron chi connectivity index (χ4n) is 0.557. The molecule has 0 saturated carbocycles. The summed E-state index contributed by atoms with van der Waals surface area (Å²) < 4.78 is 13.4. The number of rotatable bonds is 0. The van der Waals surface area contributed by atoms with Crippen molar-refractivity contribution >= 4 is 43.5 Å². The Morgan fingerprint density at radius 1 is 1.36 bits per heavy atom. The van der Waals surface area contributed by atoms with Crippen LogP contribution in [0.25, 0.3) is 0 Å². The van der Waals surface area contributed by atoms with Gasteiger partial charge in [-0.25, -0.2) is 4.39 Å². The molecule has 0 bridgehead atoms. The summed E-state index contributed by atoms with van der Waals surface area (Å²) in [5.74, 6) is -0.945. The first-order chi connectivity index (χ1) is 5.04. The Morgan fingerprint density at radius 3 is 2.45 bits per heavy atom. The van der Waals surface area contributed by atoms with Gasteiger partial charge in [-0.15, -0.1) is 0 Å². The zero-order valence-electron chi connectivity index (χ0n) is 5.04. The maximum Gasteiger partial charge on any atom is 0.159 e. The second-order valence-corrected chi connectivity index (χ2v) is 3.90. The van der Waals surface area contributed by atoms with E-state index in [9.17, 15) is 4.39 Å². The molecule has 60 valence electrons. The van der Waals surface area contributed by atoms with Gasteiger partial charge in [-0.2, -0.15) is 0 Å². The maximum atomic E-state index is 12.8. The van der Waals surface area contributed by atoms with Gasteiger partial charge >= 0.3 is 0 Å². The molecule has 0 aromatic heterocycles. The van der Waals surface area contributed by atoms with Gasteiger partial charge in [0.05, 0.1) is 8.95 Å². The van der Waals surface area contributed by atoms with Crippen LogP contribution in [0.2, 0.25) is 5.02 Å². The molecule has 0 saturated heterocycles. The number of hydrogen-bond donors (Lipinski definition) is 1. The molecule has 0 amide bonds. The molecule has 0 aliphatic carbocycles. The van der Waals surface area contributed by atoms with Crippen LogP contribution in [0.1, 0.15) is 0 Å². The third-order valence-corrected chi connectivity index (χ3v) is 2.62. The van der Waals surface area contributed by atoms with Gasteiger partial charge in [0.25, 0.3) is 0 Å². The number of phenols is 1. The van der Waals surface area contributed by atoms with Crippen LogP contribution in [0, 0.1) is 5.82 Å². The Kier molecular flexibility index (Phi) is 2.78. The van der Waals surface area contributed by atoms with Crippen molar-refractivity contribution in [2.24, 2.45) is 0 Å². The molecule has 1 nitrogen and oxygen atoms in total. The fourth-order valence-corrected chi connectivity index (χ4v) is 2.15. The zero-order valence-corrected chi connectivity index (χ0v) is 8.96. The number of phenolic OH excluding ortho intramolecular Hbond substituents is 1. The Bertz CT molecular complexity index is 277. The highest BCUT2D eigenvalue weighted by atomic mass is 79.9. The van der Waals surface area contributed by atoms with Crippen LogP contribution >= 0.6 is 43.5 Å². The highest BCUT2D eigenvalue weighted by Crippen LogP contribution is 2.37. The summed E-state index contributed by atoms with van der Waals surface area (Å²) in [6.45, 7) is 0.